The number of ether oxygens (including phenoxy) is 1. The van der Waals surface area contributed by atoms with Crippen LogP contribution in [0.15, 0.2) is 36.8 Å². The number of hydrogen-bond acceptors (Lipinski definition) is 7. The summed E-state index contributed by atoms with van der Waals surface area (Å²) in [6.07, 6.45) is 4.79. The fourth-order valence-electron chi connectivity index (χ4n) is 3.98. The summed E-state index contributed by atoms with van der Waals surface area (Å²) in [7, 11) is 1.55. The van der Waals surface area contributed by atoms with Crippen molar-refractivity contribution in [3.05, 3.63) is 42.4 Å². The van der Waals surface area contributed by atoms with Crippen LogP contribution >= 0.6 is 0 Å². The Balaban J connectivity index is 1.72. The highest BCUT2D eigenvalue weighted by molar-refractivity contribution is 6.02. The van der Waals surface area contributed by atoms with Gasteiger partial charge in [-0.25, -0.2) is 9.50 Å². The topological polar surface area (TPSA) is 139 Å². The minimum atomic E-state index is -0.598. The van der Waals surface area contributed by atoms with Gasteiger partial charge in [-0.2, -0.15) is 10.4 Å². The zero-order valence-corrected chi connectivity index (χ0v) is 17.8. The van der Waals surface area contributed by atoms with E-state index in [0.29, 0.717) is 30.2 Å². The van der Waals surface area contributed by atoms with E-state index in [4.69, 9.17) is 15.7 Å². The number of aromatic nitrogens is 3. The van der Waals surface area contributed by atoms with E-state index in [1.54, 1.807) is 22.7 Å². The van der Waals surface area contributed by atoms with Crippen LogP contribution in [-0.4, -0.2) is 57.6 Å². The van der Waals surface area contributed by atoms with Crippen molar-refractivity contribution < 1.29 is 14.3 Å². The smallest absolute Gasteiger partial charge is 0.252 e. The molecule has 10 heteroatoms. The van der Waals surface area contributed by atoms with Gasteiger partial charge in [-0.15, -0.1) is 0 Å². The molecule has 3 aromatic rings. The molecule has 0 aliphatic carbocycles. The Bertz CT molecular complexity index is 1230. The van der Waals surface area contributed by atoms with Crippen molar-refractivity contribution in [1.29, 1.82) is 5.26 Å². The number of methoxy groups -OCH3 is 1. The summed E-state index contributed by atoms with van der Waals surface area (Å²) in [5.41, 5.74) is 8.90. The van der Waals surface area contributed by atoms with Gasteiger partial charge in [0.1, 0.15) is 6.42 Å². The number of nitriles is 1. The average molecular weight is 433 g/mol. The number of fused-ring (bicyclic) bond motifs is 1. The molecule has 10 nitrogen and oxygen atoms in total. The third-order valence-electron chi connectivity index (χ3n) is 5.70. The second kappa shape index (κ2) is 8.55. The van der Waals surface area contributed by atoms with Crippen LogP contribution in [0.1, 0.15) is 23.7 Å². The Hall–Kier alpha value is -4.13. The van der Waals surface area contributed by atoms with Crippen LogP contribution in [0, 0.1) is 17.2 Å². The van der Waals surface area contributed by atoms with Gasteiger partial charge < -0.3 is 20.7 Å². The molecule has 2 atom stereocenters. The molecule has 0 radical (unpaired) electrons. The fourth-order valence-corrected chi connectivity index (χ4v) is 3.98. The summed E-state index contributed by atoms with van der Waals surface area (Å²) in [6, 6.07) is 7.37. The Morgan fingerprint density at radius 2 is 2.16 bits per heavy atom. The van der Waals surface area contributed by atoms with Gasteiger partial charge in [0.15, 0.2) is 0 Å². The first-order chi connectivity index (χ1) is 15.4. The maximum atomic E-state index is 12.2. The third-order valence-corrected chi connectivity index (χ3v) is 5.70. The lowest BCUT2D eigenvalue weighted by Crippen LogP contribution is -2.32. The number of carbonyl (C=O) groups is 2. The summed E-state index contributed by atoms with van der Waals surface area (Å²) in [5, 5.41) is 16.6. The van der Waals surface area contributed by atoms with Crippen LogP contribution < -0.4 is 15.8 Å². The second-order valence-electron chi connectivity index (χ2n) is 7.80. The number of amides is 2. The molecule has 1 fully saturated rings. The average Bonchev–Trinajstić information content (AvgIpc) is 3.38. The Morgan fingerprint density at radius 3 is 2.88 bits per heavy atom. The van der Waals surface area contributed by atoms with Crippen LogP contribution in [0.5, 0.6) is 5.88 Å². The van der Waals surface area contributed by atoms with Crippen molar-refractivity contribution in [2.24, 2.45) is 11.7 Å². The zero-order chi connectivity index (χ0) is 22.8. The standard InChI is InChI=1S/C22H23N7O3/c1-13-10-28(20(30)3-5-23)12-17(13)27-21-16(22(24)31)9-26-29-11-15(7-18(21)29)14-4-6-25-19(8-14)32-2/h4,6-9,11,13,17,27H,3,10,12H2,1-2H3,(H2,24,31)/t13-,17+/m0/s1. The van der Waals surface area contributed by atoms with Crippen molar-refractivity contribution in [3.63, 3.8) is 0 Å². The van der Waals surface area contributed by atoms with Gasteiger partial charge in [0.05, 0.1) is 36.1 Å². The predicted molar refractivity (Wildman–Crippen MR) is 117 cm³/mol. The molecule has 2 amide bonds. The number of likely N-dealkylation sites (tertiary alicyclic amines) is 1. The molecule has 1 saturated heterocycles. The van der Waals surface area contributed by atoms with E-state index in [0.717, 1.165) is 11.1 Å². The SMILES string of the molecule is COc1cc(-c2cc3c(N[C@@H]4CN(C(=O)CC#N)C[C@@H]4C)c(C(N)=O)cnn3c2)ccn1. The lowest BCUT2D eigenvalue weighted by atomic mass is 10.1. The first-order valence-electron chi connectivity index (χ1n) is 10.1. The van der Waals surface area contributed by atoms with E-state index in [1.165, 1.54) is 6.20 Å². The van der Waals surface area contributed by atoms with Crippen LogP contribution in [0.2, 0.25) is 0 Å². The molecule has 0 aromatic carbocycles. The molecule has 164 valence electrons. The normalized spacial score (nSPS) is 17.8. The van der Waals surface area contributed by atoms with Gasteiger partial charge in [0, 0.05) is 43.2 Å². The van der Waals surface area contributed by atoms with Crippen LogP contribution in [-0.2, 0) is 4.79 Å². The van der Waals surface area contributed by atoms with E-state index in [9.17, 15) is 9.59 Å². The number of pyridine rings is 1. The molecule has 0 spiro atoms. The highest BCUT2D eigenvalue weighted by Gasteiger charge is 2.33. The predicted octanol–water partition coefficient (Wildman–Crippen LogP) is 1.68. The van der Waals surface area contributed by atoms with Crippen molar-refractivity contribution >= 4 is 23.0 Å². The molecule has 4 rings (SSSR count). The minimum Gasteiger partial charge on any atom is -0.481 e. The Morgan fingerprint density at radius 1 is 1.34 bits per heavy atom. The van der Waals surface area contributed by atoms with Gasteiger partial charge in [-0.05, 0) is 23.6 Å². The number of primary amides is 1. The molecular weight excluding hydrogens is 410 g/mol. The second-order valence-corrected chi connectivity index (χ2v) is 7.80. The fraction of sp³-hybridized carbons (Fsp3) is 0.318. The third kappa shape index (κ3) is 3.92. The van der Waals surface area contributed by atoms with Crippen LogP contribution in [0.3, 0.4) is 0 Å². The molecule has 32 heavy (non-hydrogen) atoms. The molecule has 4 heterocycles. The largest absolute Gasteiger partial charge is 0.481 e. The Kier molecular flexibility index (Phi) is 5.64. The Labute approximate surface area is 184 Å². The van der Waals surface area contributed by atoms with E-state index in [1.807, 2.05) is 37.4 Å². The number of hydrogen-bond donors (Lipinski definition) is 2. The lowest BCUT2D eigenvalue weighted by Gasteiger charge is -2.20. The highest BCUT2D eigenvalue weighted by Crippen LogP contribution is 2.31. The molecule has 0 saturated carbocycles. The van der Waals surface area contributed by atoms with Gasteiger partial charge >= 0.3 is 0 Å². The van der Waals surface area contributed by atoms with E-state index in [-0.39, 0.29) is 29.9 Å². The molecule has 1 aliphatic rings. The first-order valence-corrected chi connectivity index (χ1v) is 10.1. The van der Waals surface area contributed by atoms with E-state index < -0.39 is 5.91 Å². The van der Waals surface area contributed by atoms with Crippen molar-refractivity contribution in [3.8, 4) is 23.1 Å². The van der Waals surface area contributed by atoms with Gasteiger partial charge in [0.25, 0.3) is 5.91 Å². The molecule has 3 aromatic heterocycles. The minimum absolute atomic E-state index is 0.110. The van der Waals surface area contributed by atoms with Crippen molar-refractivity contribution in [1.82, 2.24) is 19.5 Å². The molecule has 0 bridgehead atoms. The quantitative estimate of drug-likeness (QED) is 0.603. The van der Waals surface area contributed by atoms with Gasteiger partial charge in [0.2, 0.25) is 11.8 Å². The van der Waals surface area contributed by atoms with Crippen molar-refractivity contribution in [2.45, 2.75) is 19.4 Å². The number of rotatable bonds is 6. The molecule has 0 unspecified atom stereocenters. The van der Waals surface area contributed by atoms with Crippen LogP contribution in [0.4, 0.5) is 5.69 Å². The number of anilines is 1. The summed E-state index contributed by atoms with van der Waals surface area (Å²) >= 11 is 0. The summed E-state index contributed by atoms with van der Waals surface area (Å²) in [5.74, 6) is -0.191. The van der Waals surface area contributed by atoms with E-state index >= 15 is 0 Å². The number of carbonyl (C=O) groups excluding carboxylic acids is 2. The lowest BCUT2D eigenvalue weighted by molar-refractivity contribution is -0.129. The monoisotopic (exact) mass is 433 g/mol. The summed E-state index contributed by atoms with van der Waals surface area (Å²) < 4.78 is 6.89. The number of nitrogens with one attached hydrogen (secondary N) is 1. The summed E-state index contributed by atoms with van der Waals surface area (Å²) in [6.45, 7) is 2.99. The van der Waals surface area contributed by atoms with Crippen LogP contribution in [0.25, 0.3) is 16.6 Å². The zero-order valence-electron chi connectivity index (χ0n) is 17.8. The summed E-state index contributed by atoms with van der Waals surface area (Å²) in [4.78, 5) is 30.1. The number of nitrogens with two attached hydrogens (primary N) is 1. The van der Waals surface area contributed by atoms with E-state index in [2.05, 4.69) is 15.4 Å². The number of nitrogens with zero attached hydrogens (tertiary/aromatic N) is 5. The maximum Gasteiger partial charge on any atom is 0.252 e. The van der Waals surface area contributed by atoms with Gasteiger partial charge in [-0.3, -0.25) is 9.59 Å². The highest BCUT2D eigenvalue weighted by atomic mass is 16.5. The molecule has 1 aliphatic heterocycles. The van der Waals surface area contributed by atoms with Gasteiger partial charge in [-0.1, -0.05) is 6.92 Å². The maximum absolute atomic E-state index is 12.2. The molecule has 3 N–H and O–H groups in total. The molecular formula is C22H23N7O3. The first kappa shape index (κ1) is 21.1. The van der Waals surface area contributed by atoms with Crippen molar-refractivity contribution in [2.75, 3.05) is 25.5 Å².